The Hall–Kier alpha value is -2.07. The number of nitrogens with zero attached hydrogens (tertiary/aromatic N) is 1. The molecule has 0 radical (unpaired) electrons. The highest BCUT2D eigenvalue weighted by atomic mass is 79.9. The number of halogens is 1. The molecule has 0 saturated carbocycles. The van der Waals surface area contributed by atoms with E-state index in [9.17, 15) is 14.9 Å². The minimum absolute atomic E-state index is 0.106. The zero-order chi connectivity index (χ0) is 20.4. The molecule has 0 saturated heterocycles. The molecule has 0 amide bonds. The van der Waals surface area contributed by atoms with Gasteiger partial charge in [0, 0.05) is 6.42 Å². The van der Waals surface area contributed by atoms with Crippen LogP contribution in [0, 0.1) is 17.2 Å². The first-order valence-electron chi connectivity index (χ1n) is 9.06. The molecule has 0 aliphatic heterocycles. The van der Waals surface area contributed by atoms with Crippen LogP contribution < -0.4 is 4.74 Å². The smallest absolute Gasteiger partial charge is 0.308 e. The van der Waals surface area contributed by atoms with Crippen LogP contribution in [0.1, 0.15) is 52.0 Å². The van der Waals surface area contributed by atoms with Crippen molar-refractivity contribution in [3.63, 3.8) is 0 Å². The molecule has 148 valence electrons. The fraction of sp³-hybridized carbons (Fsp3) is 0.550. The normalized spacial score (nSPS) is 13.9. The number of carbonyl (C=O) groups excluding carboxylic acids is 1. The van der Waals surface area contributed by atoms with E-state index in [1.165, 1.54) is 0 Å². The molecule has 27 heavy (non-hydrogen) atoms. The van der Waals surface area contributed by atoms with E-state index in [2.05, 4.69) is 22.0 Å². The van der Waals surface area contributed by atoms with Crippen molar-refractivity contribution >= 4 is 27.9 Å². The Bertz CT molecular complexity index is 700. The number of rotatable bonds is 11. The zero-order valence-corrected chi connectivity index (χ0v) is 17.5. The molecule has 0 aliphatic carbocycles. The minimum atomic E-state index is -1.11. The Balaban J connectivity index is 3.32. The van der Waals surface area contributed by atoms with Gasteiger partial charge >= 0.3 is 11.9 Å². The number of hydrogen-bond acceptors (Lipinski definition) is 5. The van der Waals surface area contributed by atoms with Crippen molar-refractivity contribution in [1.82, 2.24) is 0 Å². The second kappa shape index (κ2) is 10.9. The third-order valence-electron chi connectivity index (χ3n) is 4.47. The highest BCUT2D eigenvalue weighted by Crippen LogP contribution is 2.40. The molecule has 1 N–H and O–H groups in total. The maximum Gasteiger partial charge on any atom is 0.308 e. The van der Waals surface area contributed by atoms with Gasteiger partial charge in [0.15, 0.2) is 0 Å². The average molecular weight is 440 g/mol. The largest absolute Gasteiger partial charge is 0.493 e. The van der Waals surface area contributed by atoms with Gasteiger partial charge in [-0.3, -0.25) is 9.59 Å². The monoisotopic (exact) mass is 439 g/mol. The second-order valence-electron chi connectivity index (χ2n) is 6.23. The van der Waals surface area contributed by atoms with Gasteiger partial charge in [-0.1, -0.05) is 13.0 Å². The predicted molar refractivity (Wildman–Crippen MR) is 105 cm³/mol. The minimum Gasteiger partial charge on any atom is -0.493 e. The number of carbonyl (C=O) groups is 2. The molecule has 0 aliphatic rings. The molecule has 2 unspecified atom stereocenters. The Morgan fingerprint density at radius 2 is 2.00 bits per heavy atom. The quantitative estimate of drug-likeness (QED) is 0.511. The standard InChI is InChI=1S/C20H26BrNO5/c1-4-14(19(25)27-6-3)12-20(13-22,10-9-18(23)24)15-7-8-17(26-5-2)16(21)11-15/h7-8,11,14H,4-6,9-10,12H2,1-3H3,(H,23,24). The third kappa shape index (κ3) is 6.24. The van der Waals surface area contributed by atoms with Crippen molar-refractivity contribution in [3.05, 3.63) is 28.2 Å². The molecular formula is C20H26BrNO5. The molecule has 2 atom stereocenters. The van der Waals surface area contributed by atoms with E-state index in [-0.39, 0.29) is 31.8 Å². The summed E-state index contributed by atoms with van der Waals surface area (Å²) >= 11 is 3.44. The van der Waals surface area contributed by atoms with Crippen molar-refractivity contribution < 1.29 is 24.2 Å². The van der Waals surface area contributed by atoms with Crippen LogP contribution in [0.3, 0.4) is 0 Å². The molecule has 7 heteroatoms. The van der Waals surface area contributed by atoms with E-state index >= 15 is 0 Å². The summed E-state index contributed by atoms with van der Waals surface area (Å²) in [5.41, 5.74) is -0.455. The van der Waals surface area contributed by atoms with Gasteiger partial charge in [0.1, 0.15) is 5.75 Å². The summed E-state index contributed by atoms with van der Waals surface area (Å²) in [6.45, 7) is 6.23. The molecular weight excluding hydrogens is 414 g/mol. The van der Waals surface area contributed by atoms with E-state index in [1.807, 2.05) is 13.8 Å². The first-order valence-corrected chi connectivity index (χ1v) is 9.85. The highest BCUT2D eigenvalue weighted by molar-refractivity contribution is 9.10. The van der Waals surface area contributed by atoms with Gasteiger partial charge in [-0.05, 0) is 66.7 Å². The van der Waals surface area contributed by atoms with Crippen molar-refractivity contribution in [2.75, 3.05) is 13.2 Å². The van der Waals surface area contributed by atoms with Crippen LogP contribution in [0.5, 0.6) is 5.75 Å². The van der Waals surface area contributed by atoms with Crippen LogP contribution in [0.4, 0.5) is 0 Å². The number of hydrogen-bond donors (Lipinski definition) is 1. The second-order valence-corrected chi connectivity index (χ2v) is 7.08. The summed E-state index contributed by atoms with van der Waals surface area (Å²) < 4.78 is 11.3. The lowest BCUT2D eigenvalue weighted by Gasteiger charge is -2.30. The van der Waals surface area contributed by atoms with E-state index in [0.717, 1.165) is 0 Å². The first-order chi connectivity index (χ1) is 12.8. The lowest BCUT2D eigenvalue weighted by atomic mass is 9.71. The third-order valence-corrected chi connectivity index (χ3v) is 5.09. The molecule has 0 spiro atoms. The number of aliphatic carboxylic acids is 1. The lowest BCUT2D eigenvalue weighted by molar-refractivity contribution is -0.148. The van der Waals surface area contributed by atoms with Crippen LogP contribution in [0.15, 0.2) is 22.7 Å². The summed E-state index contributed by atoms with van der Waals surface area (Å²) in [4.78, 5) is 23.4. The Kier molecular flexibility index (Phi) is 9.30. The number of nitriles is 1. The van der Waals surface area contributed by atoms with Crippen molar-refractivity contribution in [3.8, 4) is 11.8 Å². The van der Waals surface area contributed by atoms with Gasteiger partial charge < -0.3 is 14.6 Å². The fourth-order valence-corrected chi connectivity index (χ4v) is 3.49. The summed E-state index contributed by atoms with van der Waals surface area (Å²) in [5, 5.41) is 19.2. The van der Waals surface area contributed by atoms with E-state index in [1.54, 1.807) is 25.1 Å². The van der Waals surface area contributed by atoms with Gasteiger partial charge in [-0.15, -0.1) is 0 Å². The van der Waals surface area contributed by atoms with Crippen LogP contribution >= 0.6 is 15.9 Å². The summed E-state index contributed by atoms with van der Waals surface area (Å²) in [6, 6.07) is 7.58. The van der Waals surface area contributed by atoms with Gasteiger partial charge in [-0.25, -0.2) is 0 Å². The molecule has 0 bridgehead atoms. The highest BCUT2D eigenvalue weighted by Gasteiger charge is 2.38. The molecule has 1 rings (SSSR count). The molecule has 1 aromatic carbocycles. The maximum absolute atomic E-state index is 12.3. The summed E-state index contributed by atoms with van der Waals surface area (Å²) in [5.74, 6) is -1.18. The molecule has 6 nitrogen and oxygen atoms in total. The maximum atomic E-state index is 12.3. The number of ether oxygens (including phenoxy) is 2. The lowest BCUT2D eigenvalue weighted by Crippen LogP contribution is -2.32. The summed E-state index contributed by atoms with van der Waals surface area (Å²) in [7, 11) is 0. The van der Waals surface area contributed by atoms with Gasteiger partial charge in [0.2, 0.25) is 0 Å². The Morgan fingerprint density at radius 3 is 2.48 bits per heavy atom. The SMILES string of the molecule is CCOC(=O)C(CC)CC(C#N)(CCC(=O)O)c1ccc(OCC)c(Br)c1. The fourth-order valence-electron chi connectivity index (χ4n) is 3.00. The topological polar surface area (TPSA) is 96.6 Å². The zero-order valence-electron chi connectivity index (χ0n) is 16.0. The van der Waals surface area contributed by atoms with Crippen LogP contribution in [0.25, 0.3) is 0 Å². The number of carboxylic acids is 1. The van der Waals surface area contributed by atoms with Crippen molar-refractivity contribution in [2.24, 2.45) is 5.92 Å². The van der Waals surface area contributed by atoms with Crippen molar-refractivity contribution in [2.45, 2.75) is 51.9 Å². The predicted octanol–water partition coefficient (Wildman–Crippen LogP) is 4.45. The Morgan fingerprint density at radius 1 is 1.30 bits per heavy atom. The van der Waals surface area contributed by atoms with Gasteiger partial charge in [0.25, 0.3) is 0 Å². The van der Waals surface area contributed by atoms with Crippen LogP contribution in [0.2, 0.25) is 0 Å². The van der Waals surface area contributed by atoms with Crippen molar-refractivity contribution in [1.29, 1.82) is 5.26 Å². The molecule has 0 aromatic heterocycles. The van der Waals surface area contributed by atoms with Crippen LogP contribution in [-0.4, -0.2) is 30.3 Å². The van der Waals surface area contributed by atoms with E-state index < -0.39 is 17.3 Å². The number of benzene rings is 1. The van der Waals surface area contributed by atoms with E-state index in [4.69, 9.17) is 14.6 Å². The number of carboxylic acid groups (broad SMARTS) is 1. The van der Waals surface area contributed by atoms with Crippen LogP contribution in [-0.2, 0) is 19.7 Å². The van der Waals surface area contributed by atoms with Gasteiger partial charge in [0.05, 0.1) is 35.1 Å². The van der Waals surface area contributed by atoms with E-state index in [0.29, 0.717) is 28.8 Å². The Labute approximate surface area is 168 Å². The first kappa shape index (κ1) is 23.0. The number of esters is 1. The average Bonchev–Trinajstić information content (AvgIpc) is 2.64. The summed E-state index contributed by atoms with van der Waals surface area (Å²) in [6.07, 6.45) is 0.646. The molecule has 0 heterocycles. The molecule has 0 fully saturated rings. The van der Waals surface area contributed by atoms with Gasteiger partial charge in [-0.2, -0.15) is 5.26 Å². The molecule has 1 aromatic rings.